The Morgan fingerprint density at radius 2 is 1.58 bits per heavy atom. The lowest BCUT2D eigenvalue weighted by molar-refractivity contribution is 0.422. The Labute approximate surface area is 139 Å². The van der Waals surface area contributed by atoms with Crippen LogP contribution < -0.4 is 5.73 Å². The lowest BCUT2D eigenvalue weighted by Gasteiger charge is -2.07. The van der Waals surface area contributed by atoms with Crippen LogP contribution in [-0.4, -0.2) is 11.0 Å². The van der Waals surface area contributed by atoms with Gasteiger partial charge in [0.2, 0.25) is 0 Å². The van der Waals surface area contributed by atoms with E-state index in [1.54, 1.807) is 6.26 Å². The minimum Gasteiger partial charge on any atom is -0.384 e. The van der Waals surface area contributed by atoms with Gasteiger partial charge >= 0.3 is 0 Å². The van der Waals surface area contributed by atoms with Gasteiger partial charge in [-0.3, -0.25) is 5.41 Å². The molecule has 0 aliphatic rings. The van der Waals surface area contributed by atoms with Gasteiger partial charge in [-0.25, -0.2) is 0 Å². The normalized spacial score (nSPS) is 10.8. The number of nitrogens with zero attached hydrogens (tertiary/aromatic N) is 1. The zero-order valence-electron chi connectivity index (χ0n) is 12.9. The molecular formula is C20H15N3O. The molecule has 4 aromatic rings. The van der Waals surface area contributed by atoms with Crippen molar-refractivity contribution in [1.82, 2.24) is 5.16 Å². The number of fused-ring (bicyclic) bond motifs is 1. The molecule has 24 heavy (non-hydrogen) atoms. The minimum absolute atomic E-state index is 0.0845. The van der Waals surface area contributed by atoms with Gasteiger partial charge in [0.25, 0.3) is 0 Å². The summed E-state index contributed by atoms with van der Waals surface area (Å²) in [5.74, 6) is 0.0845. The zero-order chi connectivity index (χ0) is 16.5. The zero-order valence-corrected chi connectivity index (χ0v) is 12.9. The Bertz CT molecular complexity index is 1040. The highest BCUT2D eigenvalue weighted by Gasteiger charge is 2.05. The second kappa shape index (κ2) is 5.66. The Balaban J connectivity index is 1.78. The number of benzene rings is 3. The second-order valence-electron chi connectivity index (χ2n) is 5.66. The summed E-state index contributed by atoms with van der Waals surface area (Å²) >= 11 is 0. The molecule has 116 valence electrons. The maximum atomic E-state index is 7.54. The van der Waals surface area contributed by atoms with Crippen LogP contribution in [0.25, 0.3) is 33.2 Å². The summed E-state index contributed by atoms with van der Waals surface area (Å²) in [6, 6.07) is 22.1. The lowest BCUT2D eigenvalue weighted by atomic mass is 9.98. The van der Waals surface area contributed by atoms with Crippen molar-refractivity contribution in [2.75, 3.05) is 0 Å². The molecule has 0 amide bonds. The van der Waals surface area contributed by atoms with Crippen LogP contribution >= 0.6 is 0 Å². The van der Waals surface area contributed by atoms with Gasteiger partial charge in [-0.1, -0.05) is 47.6 Å². The average molecular weight is 313 g/mol. The van der Waals surface area contributed by atoms with Crippen LogP contribution in [0.2, 0.25) is 0 Å². The van der Waals surface area contributed by atoms with Crippen molar-refractivity contribution in [3.8, 4) is 22.4 Å². The van der Waals surface area contributed by atoms with Crippen LogP contribution in [0, 0.1) is 5.41 Å². The van der Waals surface area contributed by atoms with E-state index < -0.39 is 0 Å². The van der Waals surface area contributed by atoms with Crippen LogP contribution in [0.4, 0.5) is 0 Å². The highest BCUT2D eigenvalue weighted by atomic mass is 16.5. The molecule has 0 aliphatic heterocycles. The average Bonchev–Trinajstić information content (AvgIpc) is 3.15. The van der Waals surface area contributed by atoms with Crippen molar-refractivity contribution >= 4 is 16.6 Å². The first kappa shape index (κ1) is 14.2. The third-order valence-electron chi connectivity index (χ3n) is 4.08. The number of amidine groups is 1. The van der Waals surface area contributed by atoms with Crippen molar-refractivity contribution in [1.29, 1.82) is 5.41 Å². The first-order chi connectivity index (χ1) is 11.7. The van der Waals surface area contributed by atoms with Crippen LogP contribution in [0.3, 0.4) is 0 Å². The maximum Gasteiger partial charge on any atom is 0.124 e. The molecule has 1 heterocycles. The molecule has 0 atom stereocenters. The number of hydrogen-bond acceptors (Lipinski definition) is 3. The van der Waals surface area contributed by atoms with Gasteiger partial charge in [-0.05, 0) is 40.1 Å². The summed E-state index contributed by atoms with van der Waals surface area (Å²) in [6.45, 7) is 0. The first-order valence-electron chi connectivity index (χ1n) is 7.60. The van der Waals surface area contributed by atoms with Crippen molar-refractivity contribution in [3.05, 3.63) is 78.6 Å². The number of nitrogens with one attached hydrogen (secondary N) is 1. The Kier molecular flexibility index (Phi) is 3.35. The lowest BCUT2D eigenvalue weighted by Crippen LogP contribution is -2.10. The predicted molar refractivity (Wildman–Crippen MR) is 95.9 cm³/mol. The summed E-state index contributed by atoms with van der Waals surface area (Å²) in [4.78, 5) is 0. The van der Waals surface area contributed by atoms with E-state index in [0.29, 0.717) is 0 Å². The highest BCUT2D eigenvalue weighted by Crippen LogP contribution is 2.28. The predicted octanol–water partition coefficient (Wildman–Crippen LogP) is 4.45. The van der Waals surface area contributed by atoms with Crippen LogP contribution in [0.1, 0.15) is 5.56 Å². The van der Waals surface area contributed by atoms with Crippen LogP contribution in [0.15, 0.2) is 77.5 Å². The molecule has 3 N–H and O–H groups in total. The van der Waals surface area contributed by atoms with E-state index in [-0.39, 0.29) is 5.84 Å². The van der Waals surface area contributed by atoms with E-state index >= 15 is 0 Å². The van der Waals surface area contributed by atoms with Gasteiger partial charge in [-0.2, -0.15) is 0 Å². The minimum atomic E-state index is 0.0845. The van der Waals surface area contributed by atoms with E-state index in [2.05, 4.69) is 35.5 Å². The maximum absolute atomic E-state index is 7.54. The number of hydrogen-bond donors (Lipinski definition) is 2. The molecule has 4 rings (SSSR count). The summed E-state index contributed by atoms with van der Waals surface area (Å²) in [6.07, 6.45) is 1.57. The third-order valence-corrected chi connectivity index (χ3v) is 4.08. The summed E-state index contributed by atoms with van der Waals surface area (Å²) in [5, 5.41) is 13.7. The fourth-order valence-corrected chi connectivity index (χ4v) is 2.81. The van der Waals surface area contributed by atoms with Crippen molar-refractivity contribution < 1.29 is 4.52 Å². The summed E-state index contributed by atoms with van der Waals surface area (Å²) < 4.78 is 4.93. The van der Waals surface area contributed by atoms with Crippen molar-refractivity contribution in [2.24, 2.45) is 5.73 Å². The smallest absolute Gasteiger partial charge is 0.124 e. The molecule has 0 unspecified atom stereocenters. The SMILES string of the molecule is N=C(N)c1ccc2cc(-c3cccc(-c4ccon4)c3)ccc2c1. The van der Waals surface area contributed by atoms with E-state index in [9.17, 15) is 0 Å². The molecule has 0 bridgehead atoms. The number of aromatic nitrogens is 1. The highest BCUT2D eigenvalue weighted by molar-refractivity contribution is 5.99. The van der Waals surface area contributed by atoms with E-state index in [1.165, 1.54) is 0 Å². The second-order valence-corrected chi connectivity index (χ2v) is 5.66. The largest absolute Gasteiger partial charge is 0.384 e. The van der Waals surface area contributed by atoms with E-state index in [4.69, 9.17) is 15.7 Å². The summed E-state index contributed by atoms with van der Waals surface area (Å²) in [7, 11) is 0. The van der Waals surface area contributed by atoms with Crippen LogP contribution in [0.5, 0.6) is 0 Å². The van der Waals surface area contributed by atoms with Gasteiger partial charge in [0.05, 0.1) is 0 Å². The summed E-state index contributed by atoms with van der Waals surface area (Å²) in [5.41, 5.74) is 10.4. The standard InChI is InChI=1S/C20H15N3O/c21-20(22)18-7-6-15-10-14(4-5-16(15)12-18)13-2-1-3-17(11-13)19-8-9-24-23-19/h1-12H,(H3,21,22). The molecule has 1 aromatic heterocycles. The van der Waals surface area contributed by atoms with E-state index in [0.717, 1.165) is 38.7 Å². The molecule has 0 aliphatic carbocycles. The number of rotatable bonds is 3. The molecule has 0 fully saturated rings. The van der Waals surface area contributed by atoms with Crippen LogP contribution in [-0.2, 0) is 0 Å². The molecule has 0 radical (unpaired) electrons. The Hall–Kier alpha value is -3.40. The molecule has 0 saturated carbocycles. The monoisotopic (exact) mass is 313 g/mol. The molecule has 0 saturated heterocycles. The molecule has 4 heteroatoms. The number of nitrogens with two attached hydrogens (primary N) is 1. The molecular weight excluding hydrogens is 298 g/mol. The Morgan fingerprint density at radius 3 is 2.38 bits per heavy atom. The van der Waals surface area contributed by atoms with Gasteiger partial charge in [-0.15, -0.1) is 0 Å². The topological polar surface area (TPSA) is 75.9 Å². The number of nitrogen functional groups attached to an aromatic ring is 1. The third kappa shape index (κ3) is 2.54. The van der Waals surface area contributed by atoms with Gasteiger partial charge in [0.1, 0.15) is 17.8 Å². The fraction of sp³-hybridized carbons (Fsp3) is 0. The molecule has 3 aromatic carbocycles. The Morgan fingerprint density at radius 1 is 0.833 bits per heavy atom. The van der Waals surface area contributed by atoms with Gasteiger partial charge in [0, 0.05) is 17.2 Å². The quantitative estimate of drug-likeness (QED) is 0.433. The van der Waals surface area contributed by atoms with Crippen molar-refractivity contribution in [2.45, 2.75) is 0 Å². The van der Waals surface area contributed by atoms with E-state index in [1.807, 2.05) is 36.4 Å². The molecule has 4 nitrogen and oxygen atoms in total. The van der Waals surface area contributed by atoms with Crippen molar-refractivity contribution in [3.63, 3.8) is 0 Å². The van der Waals surface area contributed by atoms with Gasteiger partial charge in [0.15, 0.2) is 0 Å². The van der Waals surface area contributed by atoms with Gasteiger partial charge < -0.3 is 10.3 Å². The molecule has 0 spiro atoms. The first-order valence-corrected chi connectivity index (χ1v) is 7.60. The fourth-order valence-electron chi connectivity index (χ4n) is 2.81.